The third-order valence-corrected chi connectivity index (χ3v) is 4.76. The smallest absolute Gasteiger partial charge is 0.0935 e. The average Bonchev–Trinajstić information content (AvgIpc) is 2.85. The highest BCUT2D eigenvalue weighted by atomic mass is 35.5. The van der Waals surface area contributed by atoms with Crippen molar-refractivity contribution >= 4 is 34.5 Å². The second kappa shape index (κ2) is 6.46. The third-order valence-electron chi connectivity index (χ3n) is 3.27. The molecule has 0 saturated heterocycles. The molecule has 20 heavy (non-hydrogen) atoms. The highest BCUT2D eigenvalue weighted by Gasteiger charge is 2.19. The van der Waals surface area contributed by atoms with E-state index in [1.165, 1.54) is 5.56 Å². The number of aromatic nitrogens is 1. The van der Waals surface area contributed by atoms with Crippen LogP contribution in [0.25, 0.3) is 0 Å². The number of halogens is 2. The van der Waals surface area contributed by atoms with Crippen molar-refractivity contribution in [2.75, 3.05) is 5.88 Å². The molecule has 4 heteroatoms. The van der Waals surface area contributed by atoms with Crippen LogP contribution in [0.1, 0.15) is 43.0 Å². The van der Waals surface area contributed by atoms with Crippen LogP contribution < -0.4 is 0 Å². The summed E-state index contributed by atoms with van der Waals surface area (Å²) < 4.78 is 0. The van der Waals surface area contributed by atoms with E-state index in [2.05, 4.69) is 26.2 Å². The monoisotopic (exact) mass is 327 g/mol. The zero-order chi connectivity index (χ0) is 14.8. The lowest BCUT2D eigenvalue weighted by atomic mass is 9.93. The van der Waals surface area contributed by atoms with E-state index in [-0.39, 0.29) is 11.3 Å². The van der Waals surface area contributed by atoms with Crippen LogP contribution >= 0.6 is 34.5 Å². The SMILES string of the molecule is CC(C)(C)c1csc(CC(CCl)c2ccc(Cl)cc2)n1. The van der Waals surface area contributed by atoms with Gasteiger partial charge in [-0.15, -0.1) is 22.9 Å². The van der Waals surface area contributed by atoms with Crippen LogP contribution in [0.2, 0.25) is 5.02 Å². The van der Waals surface area contributed by atoms with E-state index in [1.54, 1.807) is 11.3 Å². The number of benzene rings is 1. The Balaban J connectivity index is 2.14. The molecule has 0 aliphatic carbocycles. The fraction of sp³-hybridized carbons (Fsp3) is 0.438. The molecule has 1 unspecified atom stereocenters. The quantitative estimate of drug-likeness (QED) is 0.660. The number of nitrogens with zero attached hydrogens (tertiary/aromatic N) is 1. The fourth-order valence-corrected chi connectivity index (χ4v) is 3.47. The molecule has 0 bridgehead atoms. The van der Waals surface area contributed by atoms with E-state index in [0.29, 0.717) is 5.88 Å². The summed E-state index contributed by atoms with van der Waals surface area (Å²) in [5.74, 6) is 0.874. The average molecular weight is 328 g/mol. The Morgan fingerprint density at radius 3 is 2.35 bits per heavy atom. The topological polar surface area (TPSA) is 12.9 Å². The maximum absolute atomic E-state index is 6.13. The van der Waals surface area contributed by atoms with Crippen molar-refractivity contribution in [3.8, 4) is 0 Å². The van der Waals surface area contributed by atoms with Crippen molar-refractivity contribution in [1.82, 2.24) is 4.98 Å². The molecule has 0 saturated carbocycles. The van der Waals surface area contributed by atoms with Crippen LogP contribution in [0.15, 0.2) is 29.6 Å². The van der Waals surface area contributed by atoms with Crippen LogP contribution in [0.4, 0.5) is 0 Å². The fourth-order valence-electron chi connectivity index (χ4n) is 1.96. The van der Waals surface area contributed by atoms with E-state index < -0.39 is 0 Å². The maximum Gasteiger partial charge on any atom is 0.0935 e. The first-order valence-corrected chi connectivity index (χ1v) is 8.45. The molecule has 2 rings (SSSR count). The van der Waals surface area contributed by atoms with Crippen LogP contribution in [0.5, 0.6) is 0 Å². The van der Waals surface area contributed by atoms with E-state index in [4.69, 9.17) is 28.2 Å². The molecule has 0 fully saturated rings. The summed E-state index contributed by atoms with van der Waals surface area (Å²) in [6.45, 7) is 6.55. The molecule has 1 aromatic carbocycles. The Morgan fingerprint density at radius 1 is 1.20 bits per heavy atom. The van der Waals surface area contributed by atoms with Gasteiger partial charge in [-0.25, -0.2) is 4.98 Å². The van der Waals surface area contributed by atoms with Gasteiger partial charge < -0.3 is 0 Å². The first-order valence-electron chi connectivity index (χ1n) is 6.66. The van der Waals surface area contributed by atoms with Crippen molar-refractivity contribution in [2.24, 2.45) is 0 Å². The third kappa shape index (κ3) is 3.97. The van der Waals surface area contributed by atoms with Gasteiger partial charge >= 0.3 is 0 Å². The molecule has 1 aromatic heterocycles. The molecule has 1 atom stereocenters. The Morgan fingerprint density at radius 2 is 1.85 bits per heavy atom. The number of thiazole rings is 1. The lowest BCUT2D eigenvalue weighted by Crippen LogP contribution is -2.12. The zero-order valence-corrected chi connectivity index (χ0v) is 14.3. The van der Waals surface area contributed by atoms with Crippen molar-refractivity contribution in [1.29, 1.82) is 0 Å². The molecule has 1 heterocycles. The molecule has 108 valence electrons. The molecule has 1 nitrogen and oxygen atoms in total. The summed E-state index contributed by atoms with van der Waals surface area (Å²) in [6, 6.07) is 7.93. The van der Waals surface area contributed by atoms with Gasteiger partial charge in [0.1, 0.15) is 0 Å². The van der Waals surface area contributed by atoms with Crippen molar-refractivity contribution in [3.63, 3.8) is 0 Å². The number of rotatable bonds is 4. The summed E-state index contributed by atoms with van der Waals surface area (Å²) in [5, 5.41) is 4.06. The van der Waals surface area contributed by atoms with Gasteiger partial charge in [0.05, 0.1) is 10.7 Å². The molecule has 2 aromatic rings. The minimum atomic E-state index is 0.103. The minimum absolute atomic E-state index is 0.103. The first-order chi connectivity index (χ1) is 9.40. The zero-order valence-electron chi connectivity index (χ0n) is 12.0. The predicted molar refractivity (Wildman–Crippen MR) is 89.4 cm³/mol. The Labute approximate surface area is 135 Å². The normalized spacial score (nSPS) is 13.4. The molecular formula is C16H19Cl2NS. The number of hydrogen-bond acceptors (Lipinski definition) is 2. The Bertz CT molecular complexity index is 555. The maximum atomic E-state index is 6.13. The van der Waals surface area contributed by atoms with Gasteiger partial charge in [-0.1, -0.05) is 44.5 Å². The lowest BCUT2D eigenvalue weighted by molar-refractivity contribution is 0.569. The van der Waals surface area contributed by atoms with E-state index >= 15 is 0 Å². The summed E-state index contributed by atoms with van der Waals surface area (Å²) in [7, 11) is 0. The largest absolute Gasteiger partial charge is 0.246 e. The minimum Gasteiger partial charge on any atom is -0.246 e. The number of alkyl halides is 1. The summed E-state index contributed by atoms with van der Waals surface area (Å²) in [6.07, 6.45) is 0.881. The molecule has 0 radical (unpaired) electrons. The Hall–Kier alpha value is -0.570. The van der Waals surface area contributed by atoms with Gasteiger partial charge in [0.25, 0.3) is 0 Å². The highest BCUT2D eigenvalue weighted by molar-refractivity contribution is 7.09. The number of hydrogen-bond donors (Lipinski definition) is 0. The van der Waals surface area contributed by atoms with Crippen molar-refractivity contribution in [3.05, 3.63) is 50.9 Å². The van der Waals surface area contributed by atoms with Gasteiger partial charge in [0.2, 0.25) is 0 Å². The summed E-state index contributed by atoms with van der Waals surface area (Å²) in [4.78, 5) is 4.75. The predicted octanol–water partition coefficient (Wildman–Crippen LogP) is 5.66. The van der Waals surface area contributed by atoms with E-state index in [0.717, 1.165) is 22.1 Å². The van der Waals surface area contributed by atoms with Gasteiger partial charge in [-0.05, 0) is 17.7 Å². The van der Waals surface area contributed by atoms with Crippen molar-refractivity contribution < 1.29 is 0 Å². The van der Waals surface area contributed by atoms with E-state index in [1.807, 2.05) is 24.3 Å². The second-order valence-electron chi connectivity index (χ2n) is 5.98. The van der Waals surface area contributed by atoms with Gasteiger partial charge in [0, 0.05) is 34.0 Å². The van der Waals surface area contributed by atoms with Crippen LogP contribution in [0, 0.1) is 0 Å². The Kier molecular flexibility index (Phi) is 5.11. The van der Waals surface area contributed by atoms with Gasteiger partial charge in [-0.2, -0.15) is 0 Å². The lowest BCUT2D eigenvalue weighted by Gasteiger charge is -2.15. The van der Waals surface area contributed by atoms with Crippen molar-refractivity contribution in [2.45, 2.75) is 38.5 Å². The van der Waals surface area contributed by atoms with E-state index in [9.17, 15) is 0 Å². The standard InChI is InChI=1S/C16H19Cl2NS/c1-16(2,3)14-10-20-15(19-14)8-12(9-17)11-4-6-13(18)7-5-11/h4-7,10,12H,8-9H2,1-3H3. The summed E-state index contributed by atoms with van der Waals surface area (Å²) >= 11 is 13.8. The van der Waals surface area contributed by atoms with Crippen LogP contribution in [0.3, 0.4) is 0 Å². The van der Waals surface area contributed by atoms with Gasteiger partial charge in [-0.3, -0.25) is 0 Å². The molecule has 0 spiro atoms. The van der Waals surface area contributed by atoms with Gasteiger partial charge in [0.15, 0.2) is 0 Å². The summed E-state index contributed by atoms with van der Waals surface area (Å²) in [5.41, 5.74) is 2.48. The highest BCUT2D eigenvalue weighted by Crippen LogP contribution is 2.28. The molecule has 0 amide bonds. The van der Waals surface area contributed by atoms with Crippen LogP contribution in [-0.2, 0) is 11.8 Å². The molecule has 0 N–H and O–H groups in total. The first kappa shape index (κ1) is 15.8. The van der Waals surface area contributed by atoms with Crippen LogP contribution in [-0.4, -0.2) is 10.9 Å². The molecular weight excluding hydrogens is 309 g/mol. The second-order valence-corrected chi connectivity index (χ2v) is 7.67. The molecule has 0 aliphatic heterocycles. The molecule has 0 aliphatic rings.